The molecule has 6 nitrogen and oxygen atoms in total. The fourth-order valence-corrected chi connectivity index (χ4v) is 5.30. The van der Waals surface area contributed by atoms with Gasteiger partial charge in [-0.3, -0.25) is 9.89 Å². The van der Waals surface area contributed by atoms with Crippen molar-refractivity contribution in [3.05, 3.63) is 35.9 Å². The highest BCUT2D eigenvalue weighted by molar-refractivity contribution is 14.0. The third-order valence-corrected chi connectivity index (χ3v) is 7.03. The second kappa shape index (κ2) is 13.1. The first kappa shape index (κ1) is 25.7. The smallest absolute Gasteiger partial charge is 0.194 e. The number of hydrogen-bond donors (Lipinski definition) is 1. The van der Waals surface area contributed by atoms with Crippen molar-refractivity contribution in [3.8, 4) is 0 Å². The minimum atomic E-state index is 0. The van der Waals surface area contributed by atoms with E-state index in [0.717, 1.165) is 57.8 Å². The van der Waals surface area contributed by atoms with Gasteiger partial charge in [-0.15, -0.1) is 24.0 Å². The molecule has 32 heavy (non-hydrogen) atoms. The normalized spacial score (nSPS) is 25.4. The minimum absolute atomic E-state index is 0. The summed E-state index contributed by atoms with van der Waals surface area (Å²) in [6, 6.07) is 11.3. The summed E-state index contributed by atoms with van der Waals surface area (Å²) in [4.78, 5) is 12.7. The number of hydrogen-bond acceptors (Lipinski definition) is 4. The Hall–Kier alpha value is -0.900. The number of benzene rings is 1. The van der Waals surface area contributed by atoms with E-state index < -0.39 is 0 Å². The fraction of sp³-hybridized carbons (Fsp3) is 0.720. The lowest BCUT2D eigenvalue weighted by atomic mass is 9.97. The number of ether oxygens (including phenoxy) is 1. The number of likely N-dealkylation sites (tertiary alicyclic amines) is 2. The SMILES string of the molecule is CCCN1CCC(CN=C(NCC)N2CC3OCCN(Cc4ccccc4)C3C2)CC1.I. The molecule has 0 spiro atoms. The van der Waals surface area contributed by atoms with Crippen LogP contribution in [0.15, 0.2) is 35.3 Å². The number of aliphatic imine (C=N–C) groups is 1. The zero-order chi connectivity index (χ0) is 21.5. The average molecular weight is 556 g/mol. The molecular weight excluding hydrogens is 513 g/mol. The molecule has 1 N–H and O–H groups in total. The topological polar surface area (TPSA) is 43.3 Å². The van der Waals surface area contributed by atoms with Crippen molar-refractivity contribution < 1.29 is 4.74 Å². The number of nitrogens with zero attached hydrogens (tertiary/aromatic N) is 4. The first-order valence-corrected chi connectivity index (χ1v) is 12.4. The minimum Gasteiger partial charge on any atom is -0.373 e. The lowest BCUT2D eigenvalue weighted by molar-refractivity contribution is -0.0502. The molecule has 1 aromatic rings. The highest BCUT2D eigenvalue weighted by Crippen LogP contribution is 2.25. The number of halogens is 1. The van der Waals surface area contributed by atoms with Gasteiger partial charge in [0, 0.05) is 39.3 Å². The third kappa shape index (κ3) is 6.81. The maximum absolute atomic E-state index is 6.19. The number of fused-ring (bicyclic) bond motifs is 1. The Bertz CT molecular complexity index is 695. The van der Waals surface area contributed by atoms with Gasteiger partial charge < -0.3 is 19.9 Å². The van der Waals surface area contributed by atoms with Crippen LogP contribution in [0.1, 0.15) is 38.7 Å². The number of nitrogens with one attached hydrogen (secondary N) is 1. The number of morpholine rings is 1. The second-order valence-corrected chi connectivity index (χ2v) is 9.32. The molecule has 1 aromatic carbocycles. The number of guanidine groups is 1. The Kier molecular flexibility index (Phi) is 10.5. The van der Waals surface area contributed by atoms with Crippen molar-refractivity contribution in [2.24, 2.45) is 10.9 Å². The van der Waals surface area contributed by atoms with Crippen LogP contribution in [0.2, 0.25) is 0 Å². The van der Waals surface area contributed by atoms with E-state index in [9.17, 15) is 0 Å². The Morgan fingerprint density at radius 1 is 1.09 bits per heavy atom. The quantitative estimate of drug-likeness (QED) is 0.318. The van der Waals surface area contributed by atoms with E-state index >= 15 is 0 Å². The molecular formula is C25H42IN5O. The van der Waals surface area contributed by atoms with Crippen molar-refractivity contribution in [2.45, 2.75) is 51.8 Å². The molecule has 0 aliphatic carbocycles. The van der Waals surface area contributed by atoms with Crippen LogP contribution in [0.5, 0.6) is 0 Å². The Labute approximate surface area is 211 Å². The molecule has 0 bridgehead atoms. The van der Waals surface area contributed by atoms with E-state index in [4.69, 9.17) is 9.73 Å². The first-order valence-electron chi connectivity index (χ1n) is 12.4. The molecule has 3 aliphatic rings. The summed E-state index contributed by atoms with van der Waals surface area (Å²) in [5.74, 6) is 1.80. The van der Waals surface area contributed by atoms with Crippen molar-refractivity contribution in [3.63, 3.8) is 0 Å². The van der Waals surface area contributed by atoms with Crippen LogP contribution >= 0.6 is 24.0 Å². The molecule has 4 rings (SSSR count). The molecule has 2 atom stereocenters. The molecule has 3 saturated heterocycles. The third-order valence-electron chi connectivity index (χ3n) is 7.03. The Balaban J connectivity index is 0.00000289. The predicted octanol–water partition coefficient (Wildman–Crippen LogP) is 3.28. The summed E-state index contributed by atoms with van der Waals surface area (Å²) in [5.41, 5.74) is 1.39. The summed E-state index contributed by atoms with van der Waals surface area (Å²) < 4.78 is 6.19. The Morgan fingerprint density at radius 3 is 2.59 bits per heavy atom. The molecule has 3 fully saturated rings. The number of rotatable bonds is 7. The molecule has 2 unspecified atom stereocenters. The molecule has 0 aromatic heterocycles. The van der Waals surface area contributed by atoms with E-state index in [1.54, 1.807) is 0 Å². The van der Waals surface area contributed by atoms with Gasteiger partial charge in [0.2, 0.25) is 0 Å². The average Bonchev–Trinajstić information content (AvgIpc) is 3.24. The van der Waals surface area contributed by atoms with E-state index in [1.165, 1.54) is 44.5 Å². The maximum Gasteiger partial charge on any atom is 0.194 e. The van der Waals surface area contributed by atoms with Crippen LogP contribution in [0, 0.1) is 5.92 Å². The van der Waals surface area contributed by atoms with Gasteiger partial charge >= 0.3 is 0 Å². The van der Waals surface area contributed by atoms with Crippen molar-refractivity contribution in [1.82, 2.24) is 20.0 Å². The van der Waals surface area contributed by atoms with Crippen LogP contribution in [0.25, 0.3) is 0 Å². The van der Waals surface area contributed by atoms with Crippen LogP contribution < -0.4 is 5.32 Å². The summed E-state index contributed by atoms with van der Waals surface area (Å²) >= 11 is 0. The molecule has 0 amide bonds. The zero-order valence-electron chi connectivity index (χ0n) is 19.9. The van der Waals surface area contributed by atoms with Gasteiger partial charge in [-0.25, -0.2) is 0 Å². The van der Waals surface area contributed by atoms with Gasteiger partial charge in [0.1, 0.15) is 0 Å². The monoisotopic (exact) mass is 555 g/mol. The Morgan fingerprint density at radius 2 is 1.88 bits per heavy atom. The molecule has 7 heteroatoms. The lowest BCUT2D eigenvalue weighted by Crippen LogP contribution is -2.50. The largest absolute Gasteiger partial charge is 0.373 e. The highest BCUT2D eigenvalue weighted by Gasteiger charge is 2.41. The van der Waals surface area contributed by atoms with Crippen LogP contribution in [-0.2, 0) is 11.3 Å². The van der Waals surface area contributed by atoms with E-state index in [2.05, 4.69) is 64.2 Å². The molecule has 3 heterocycles. The van der Waals surface area contributed by atoms with Crippen LogP contribution in [0.4, 0.5) is 0 Å². The van der Waals surface area contributed by atoms with E-state index in [-0.39, 0.29) is 30.1 Å². The lowest BCUT2D eigenvalue weighted by Gasteiger charge is -2.36. The van der Waals surface area contributed by atoms with Gasteiger partial charge in [-0.2, -0.15) is 0 Å². The standard InChI is InChI=1S/C25H41N5O.HI/c1-3-12-28-13-10-21(11-14-28)17-27-25(26-4-2)30-19-23-24(20-30)31-16-15-29(23)18-22-8-6-5-7-9-22;/h5-9,21,23-24H,3-4,10-20H2,1-2H3,(H,26,27);1H. The molecule has 0 radical (unpaired) electrons. The summed E-state index contributed by atoms with van der Waals surface area (Å²) in [6.45, 7) is 14.8. The van der Waals surface area contributed by atoms with E-state index in [1.807, 2.05) is 0 Å². The summed E-state index contributed by atoms with van der Waals surface area (Å²) in [7, 11) is 0. The number of piperidine rings is 1. The van der Waals surface area contributed by atoms with Crippen molar-refractivity contribution in [1.29, 1.82) is 0 Å². The first-order chi connectivity index (χ1) is 15.3. The van der Waals surface area contributed by atoms with Crippen molar-refractivity contribution in [2.75, 3.05) is 59.0 Å². The van der Waals surface area contributed by atoms with Gasteiger partial charge in [-0.1, -0.05) is 37.3 Å². The fourth-order valence-electron chi connectivity index (χ4n) is 5.30. The second-order valence-electron chi connectivity index (χ2n) is 9.32. The van der Waals surface area contributed by atoms with E-state index in [0.29, 0.717) is 6.04 Å². The molecule has 180 valence electrons. The van der Waals surface area contributed by atoms with Crippen LogP contribution in [-0.4, -0.2) is 91.8 Å². The molecule has 3 aliphatic heterocycles. The van der Waals surface area contributed by atoms with Crippen LogP contribution in [0.3, 0.4) is 0 Å². The van der Waals surface area contributed by atoms with Gasteiger partial charge in [-0.05, 0) is 57.3 Å². The van der Waals surface area contributed by atoms with Crippen molar-refractivity contribution >= 4 is 29.9 Å². The summed E-state index contributed by atoms with van der Waals surface area (Å²) in [5, 5.41) is 3.56. The maximum atomic E-state index is 6.19. The predicted molar refractivity (Wildman–Crippen MR) is 143 cm³/mol. The molecule has 0 saturated carbocycles. The van der Waals surface area contributed by atoms with Gasteiger partial charge in [0.15, 0.2) is 5.96 Å². The van der Waals surface area contributed by atoms with Gasteiger partial charge in [0.05, 0.1) is 18.8 Å². The van der Waals surface area contributed by atoms with Gasteiger partial charge in [0.25, 0.3) is 0 Å². The summed E-state index contributed by atoms with van der Waals surface area (Å²) in [6.07, 6.45) is 4.09. The zero-order valence-corrected chi connectivity index (χ0v) is 22.2. The highest BCUT2D eigenvalue weighted by atomic mass is 127.